The molecule has 7 heteroatoms. The van der Waals surface area contributed by atoms with E-state index in [1.165, 1.54) is 50.3 Å². The quantitative estimate of drug-likeness (QED) is 0.695. The summed E-state index contributed by atoms with van der Waals surface area (Å²) >= 11 is 1.32. The summed E-state index contributed by atoms with van der Waals surface area (Å²) in [6, 6.07) is 7.79. The molecule has 1 aromatic carbocycles. The standard InChI is InChI=1S/C22H27N3O3S/c1-27-18-4-2-14(3-5-18)9-20-24-25-21(28-20)29-13-19(26)23-22-10-15-6-16(11-22)8-17(7-15)12-22/h2-5,15-17H,6-13H2,1H3,(H,23,26). The van der Waals surface area contributed by atoms with Crippen molar-refractivity contribution < 1.29 is 13.9 Å². The molecule has 1 amide bonds. The van der Waals surface area contributed by atoms with Gasteiger partial charge in [-0.3, -0.25) is 4.79 Å². The maximum absolute atomic E-state index is 12.6. The first kappa shape index (κ1) is 19.0. The van der Waals surface area contributed by atoms with Gasteiger partial charge in [-0.25, -0.2) is 0 Å². The number of rotatable bonds is 7. The van der Waals surface area contributed by atoms with E-state index >= 15 is 0 Å². The van der Waals surface area contributed by atoms with E-state index in [1.807, 2.05) is 24.3 Å². The predicted molar refractivity (Wildman–Crippen MR) is 110 cm³/mol. The Morgan fingerprint density at radius 3 is 2.41 bits per heavy atom. The molecular weight excluding hydrogens is 386 g/mol. The Hall–Kier alpha value is -2.02. The Balaban J connectivity index is 1.13. The molecule has 4 aliphatic carbocycles. The van der Waals surface area contributed by atoms with Crippen molar-refractivity contribution in [3.05, 3.63) is 35.7 Å². The number of aromatic nitrogens is 2. The third-order valence-electron chi connectivity index (χ3n) is 6.73. The number of methoxy groups -OCH3 is 1. The Labute approximate surface area is 175 Å². The fraction of sp³-hybridized carbons (Fsp3) is 0.591. The summed E-state index contributed by atoms with van der Waals surface area (Å²) in [5.41, 5.74) is 1.13. The summed E-state index contributed by atoms with van der Waals surface area (Å²) in [6.07, 6.45) is 8.21. The van der Waals surface area contributed by atoms with Crippen molar-refractivity contribution in [1.82, 2.24) is 15.5 Å². The van der Waals surface area contributed by atoms with Gasteiger partial charge >= 0.3 is 0 Å². The van der Waals surface area contributed by atoms with Gasteiger partial charge in [-0.15, -0.1) is 10.2 Å². The minimum atomic E-state index is 0.0563. The average molecular weight is 414 g/mol. The van der Waals surface area contributed by atoms with Crippen molar-refractivity contribution >= 4 is 17.7 Å². The summed E-state index contributed by atoms with van der Waals surface area (Å²) in [5, 5.41) is 12.0. The second kappa shape index (κ2) is 7.67. The fourth-order valence-electron chi connectivity index (χ4n) is 6.01. The van der Waals surface area contributed by atoms with Gasteiger partial charge in [-0.2, -0.15) is 0 Å². The molecule has 0 atom stereocenters. The lowest BCUT2D eigenvalue weighted by Gasteiger charge is -2.56. The van der Waals surface area contributed by atoms with Crippen LogP contribution in [0.2, 0.25) is 0 Å². The molecule has 6 nitrogen and oxygen atoms in total. The Kier molecular flexibility index (Phi) is 5.02. The van der Waals surface area contributed by atoms with Crippen LogP contribution in [-0.4, -0.2) is 34.5 Å². The van der Waals surface area contributed by atoms with Gasteiger partial charge in [0.25, 0.3) is 5.22 Å². The van der Waals surface area contributed by atoms with Crippen LogP contribution >= 0.6 is 11.8 Å². The van der Waals surface area contributed by atoms with Gasteiger partial charge in [-0.05, 0) is 74.0 Å². The monoisotopic (exact) mass is 413 g/mol. The summed E-state index contributed by atoms with van der Waals surface area (Å²) in [7, 11) is 1.65. The molecule has 0 spiro atoms. The minimum absolute atomic E-state index is 0.0563. The van der Waals surface area contributed by atoms with Crippen LogP contribution in [0.5, 0.6) is 5.75 Å². The Morgan fingerprint density at radius 2 is 1.79 bits per heavy atom. The summed E-state index contributed by atoms with van der Waals surface area (Å²) < 4.78 is 10.9. The van der Waals surface area contributed by atoms with Crippen molar-refractivity contribution in [1.29, 1.82) is 0 Å². The average Bonchev–Trinajstić information content (AvgIpc) is 3.13. The molecule has 154 valence electrons. The molecular formula is C22H27N3O3S. The number of hydrogen-bond donors (Lipinski definition) is 1. The lowest BCUT2D eigenvalue weighted by molar-refractivity contribution is -0.124. The van der Waals surface area contributed by atoms with Gasteiger partial charge in [0.1, 0.15) is 5.75 Å². The van der Waals surface area contributed by atoms with Crippen LogP contribution in [-0.2, 0) is 11.2 Å². The number of nitrogens with zero attached hydrogens (tertiary/aromatic N) is 2. The van der Waals surface area contributed by atoms with E-state index in [0.29, 0.717) is 23.3 Å². The highest BCUT2D eigenvalue weighted by molar-refractivity contribution is 7.99. The molecule has 1 aromatic heterocycles. The molecule has 29 heavy (non-hydrogen) atoms. The highest BCUT2D eigenvalue weighted by atomic mass is 32.2. The molecule has 1 N–H and O–H groups in total. The number of amides is 1. The highest BCUT2D eigenvalue weighted by Crippen LogP contribution is 2.55. The zero-order chi connectivity index (χ0) is 19.8. The number of thioether (sulfide) groups is 1. The normalized spacial score (nSPS) is 29.8. The Morgan fingerprint density at radius 1 is 1.14 bits per heavy atom. The predicted octanol–water partition coefficient (Wildman–Crippen LogP) is 3.85. The largest absolute Gasteiger partial charge is 0.497 e. The molecule has 4 fully saturated rings. The van der Waals surface area contributed by atoms with Crippen LogP contribution in [0.3, 0.4) is 0 Å². The number of ether oxygens (including phenoxy) is 1. The number of benzene rings is 1. The number of nitrogens with one attached hydrogen (secondary N) is 1. The zero-order valence-electron chi connectivity index (χ0n) is 16.7. The van der Waals surface area contributed by atoms with E-state index < -0.39 is 0 Å². The first-order valence-corrected chi connectivity index (χ1v) is 11.5. The van der Waals surface area contributed by atoms with Crippen LogP contribution in [0, 0.1) is 17.8 Å². The molecule has 4 saturated carbocycles. The summed E-state index contributed by atoms with van der Waals surface area (Å²) in [6.45, 7) is 0. The van der Waals surface area contributed by atoms with Crippen molar-refractivity contribution in [2.45, 2.75) is 55.7 Å². The van der Waals surface area contributed by atoms with Crippen molar-refractivity contribution in [2.75, 3.05) is 12.9 Å². The molecule has 4 bridgehead atoms. The molecule has 1 heterocycles. The van der Waals surface area contributed by atoms with Gasteiger partial charge < -0.3 is 14.5 Å². The van der Waals surface area contributed by atoms with E-state index in [2.05, 4.69) is 15.5 Å². The smallest absolute Gasteiger partial charge is 0.277 e. The van der Waals surface area contributed by atoms with Crippen LogP contribution in [0.15, 0.2) is 33.9 Å². The third kappa shape index (κ3) is 4.15. The molecule has 0 aliphatic heterocycles. The number of carbonyl (C=O) groups is 1. The number of carbonyl (C=O) groups excluding carboxylic acids is 1. The zero-order valence-corrected chi connectivity index (χ0v) is 17.5. The van der Waals surface area contributed by atoms with Crippen LogP contribution in [0.1, 0.15) is 50.0 Å². The van der Waals surface area contributed by atoms with Crippen LogP contribution < -0.4 is 10.1 Å². The van der Waals surface area contributed by atoms with E-state index in [0.717, 1.165) is 29.1 Å². The van der Waals surface area contributed by atoms with E-state index in [1.54, 1.807) is 7.11 Å². The third-order valence-corrected chi connectivity index (χ3v) is 7.55. The maximum Gasteiger partial charge on any atom is 0.277 e. The summed E-state index contributed by atoms with van der Waals surface area (Å²) in [5.74, 6) is 4.26. The highest BCUT2D eigenvalue weighted by Gasteiger charge is 2.51. The lowest BCUT2D eigenvalue weighted by atomic mass is 9.53. The van der Waals surface area contributed by atoms with Crippen LogP contribution in [0.25, 0.3) is 0 Å². The molecule has 4 aliphatic rings. The van der Waals surface area contributed by atoms with E-state index in [-0.39, 0.29) is 11.4 Å². The first-order valence-electron chi connectivity index (χ1n) is 10.5. The van der Waals surface area contributed by atoms with E-state index in [4.69, 9.17) is 9.15 Å². The van der Waals surface area contributed by atoms with Crippen molar-refractivity contribution in [3.8, 4) is 5.75 Å². The first-order chi connectivity index (χ1) is 14.1. The topological polar surface area (TPSA) is 77.2 Å². The van der Waals surface area contributed by atoms with Gasteiger partial charge in [0, 0.05) is 5.54 Å². The van der Waals surface area contributed by atoms with Crippen molar-refractivity contribution in [3.63, 3.8) is 0 Å². The molecule has 0 unspecified atom stereocenters. The second-order valence-electron chi connectivity index (χ2n) is 9.02. The molecule has 2 aromatic rings. The molecule has 6 rings (SSSR count). The number of hydrogen-bond acceptors (Lipinski definition) is 6. The minimum Gasteiger partial charge on any atom is -0.497 e. The molecule has 0 radical (unpaired) electrons. The SMILES string of the molecule is COc1ccc(Cc2nnc(SCC(=O)NC34CC5CC(CC(C5)C3)C4)o2)cc1. The lowest BCUT2D eigenvalue weighted by Crippen LogP contribution is -2.60. The summed E-state index contributed by atoms with van der Waals surface area (Å²) in [4.78, 5) is 12.6. The van der Waals surface area contributed by atoms with Gasteiger partial charge in [-0.1, -0.05) is 23.9 Å². The van der Waals surface area contributed by atoms with Gasteiger partial charge in [0.15, 0.2) is 0 Å². The second-order valence-corrected chi connectivity index (χ2v) is 9.95. The maximum atomic E-state index is 12.6. The fourth-order valence-corrected chi connectivity index (χ4v) is 6.59. The van der Waals surface area contributed by atoms with Gasteiger partial charge in [0.2, 0.25) is 11.8 Å². The van der Waals surface area contributed by atoms with Crippen LogP contribution in [0.4, 0.5) is 0 Å². The molecule has 0 saturated heterocycles. The van der Waals surface area contributed by atoms with Crippen molar-refractivity contribution in [2.24, 2.45) is 17.8 Å². The van der Waals surface area contributed by atoms with Gasteiger partial charge in [0.05, 0.1) is 19.3 Å². The Bertz CT molecular complexity index is 844. The van der Waals surface area contributed by atoms with E-state index in [9.17, 15) is 4.79 Å².